The van der Waals surface area contributed by atoms with E-state index in [-0.39, 0.29) is 12.5 Å². The highest BCUT2D eigenvalue weighted by Gasteiger charge is 1.90. The Hall–Kier alpha value is -0.830. The van der Waals surface area contributed by atoms with Crippen LogP contribution in [0.15, 0.2) is 12.2 Å². The first-order chi connectivity index (χ1) is 4.81. The first kappa shape index (κ1) is 9.17. The molecule has 0 fully saturated rings. The first-order valence-corrected chi connectivity index (χ1v) is 3.32. The first-order valence-electron chi connectivity index (χ1n) is 3.32. The molecule has 0 bridgehead atoms. The molecule has 0 saturated heterocycles. The van der Waals surface area contributed by atoms with Crippen LogP contribution < -0.4 is 5.32 Å². The summed E-state index contributed by atoms with van der Waals surface area (Å²) in [7, 11) is 0. The third-order valence-electron chi connectivity index (χ3n) is 0.952. The van der Waals surface area contributed by atoms with Gasteiger partial charge in [-0.3, -0.25) is 4.79 Å². The van der Waals surface area contributed by atoms with Gasteiger partial charge in [-0.25, -0.2) is 0 Å². The highest BCUT2D eigenvalue weighted by Crippen LogP contribution is 1.74. The highest BCUT2D eigenvalue weighted by molar-refractivity contribution is 5.87. The van der Waals surface area contributed by atoms with Crippen molar-refractivity contribution in [1.29, 1.82) is 0 Å². The van der Waals surface area contributed by atoms with Gasteiger partial charge in [0, 0.05) is 13.2 Å². The molecule has 0 atom stereocenters. The molecule has 0 spiro atoms. The molecule has 0 heterocycles. The maximum Gasteiger partial charge on any atom is 0.243 e. The second-order valence-corrected chi connectivity index (χ2v) is 1.87. The molecule has 0 aromatic heterocycles. The number of carbonyl (C=O) groups excluding carboxylic acids is 1. The number of carbonyl (C=O) groups is 1. The van der Waals surface area contributed by atoms with Gasteiger partial charge in [-0.1, -0.05) is 6.08 Å². The summed E-state index contributed by atoms with van der Waals surface area (Å²) in [6.07, 6.45) is 3.74. The van der Waals surface area contributed by atoms with Gasteiger partial charge in [0.25, 0.3) is 0 Å². The lowest BCUT2D eigenvalue weighted by atomic mass is 10.4. The molecule has 1 amide bonds. The number of aliphatic hydroxyl groups is 1. The fraction of sp³-hybridized carbons (Fsp3) is 0.571. The molecule has 0 aromatic rings. The predicted molar refractivity (Wildman–Crippen MR) is 39.5 cm³/mol. The Bertz CT molecular complexity index is 121. The summed E-state index contributed by atoms with van der Waals surface area (Å²) < 4.78 is 0. The standard InChI is InChI=1S/C7H13NO2/c1-2-4-7(10)8-5-3-6-9/h2,4,9H,3,5-6H2,1H3,(H,8,10)/b4-2-. The molecule has 0 radical (unpaired) electrons. The van der Waals surface area contributed by atoms with Gasteiger partial charge in [0.05, 0.1) is 0 Å². The molecular formula is C7H13NO2. The second kappa shape index (κ2) is 6.29. The minimum Gasteiger partial charge on any atom is -0.396 e. The lowest BCUT2D eigenvalue weighted by Gasteiger charge is -1.97. The SMILES string of the molecule is C/C=C\C(=O)NCCCO. The summed E-state index contributed by atoms with van der Waals surface area (Å²) in [6.45, 7) is 2.45. The summed E-state index contributed by atoms with van der Waals surface area (Å²) in [5.74, 6) is -0.101. The molecule has 3 nitrogen and oxygen atoms in total. The normalized spacial score (nSPS) is 10.2. The number of rotatable bonds is 4. The van der Waals surface area contributed by atoms with Crippen LogP contribution in [0.2, 0.25) is 0 Å². The second-order valence-electron chi connectivity index (χ2n) is 1.87. The number of amides is 1. The smallest absolute Gasteiger partial charge is 0.243 e. The number of nitrogens with one attached hydrogen (secondary N) is 1. The lowest BCUT2D eigenvalue weighted by molar-refractivity contribution is -0.116. The van der Waals surface area contributed by atoms with E-state index >= 15 is 0 Å². The van der Waals surface area contributed by atoms with Crippen molar-refractivity contribution in [2.45, 2.75) is 13.3 Å². The fourth-order valence-electron chi connectivity index (χ4n) is 0.501. The Kier molecular flexibility index (Phi) is 5.77. The van der Waals surface area contributed by atoms with E-state index < -0.39 is 0 Å². The highest BCUT2D eigenvalue weighted by atomic mass is 16.3. The zero-order valence-electron chi connectivity index (χ0n) is 6.13. The van der Waals surface area contributed by atoms with Crippen molar-refractivity contribution in [3.8, 4) is 0 Å². The van der Waals surface area contributed by atoms with E-state index in [0.717, 1.165) is 0 Å². The zero-order chi connectivity index (χ0) is 7.82. The molecule has 0 rings (SSSR count). The minimum absolute atomic E-state index is 0.101. The monoisotopic (exact) mass is 143 g/mol. The van der Waals surface area contributed by atoms with Crippen LogP contribution in [0.25, 0.3) is 0 Å². The predicted octanol–water partition coefficient (Wildman–Crippen LogP) is 0.0611. The maximum absolute atomic E-state index is 10.6. The topological polar surface area (TPSA) is 49.3 Å². The van der Waals surface area contributed by atoms with Gasteiger partial charge in [-0.15, -0.1) is 0 Å². The van der Waals surface area contributed by atoms with Crippen molar-refractivity contribution in [2.75, 3.05) is 13.2 Å². The van der Waals surface area contributed by atoms with Crippen LogP contribution in [-0.4, -0.2) is 24.2 Å². The Morgan fingerprint density at radius 2 is 2.40 bits per heavy atom. The van der Waals surface area contributed by atoms with Gasteiger partial charge < -0.3 is 10.4 Å². The molecule has 0 saturated carbocycles. The average molecular weight is 143 g/mol. The third-order valence-corrected chi connectivity index (χ3v) is 0.952. The van der Waals surface area contributed by atoms with Crippen LogP contribution in [0.1, 0.15) is 13.3 Å². The third kappa shape index (κ3) is 5.31. The Morgan fingerprint density at radius 1 is 1.70 bits per heavy atom. The van der Waals surface area contributed by atoms with Crippen molar-refractivity contribution < 1.29 is 9.90 Å². The van der Waals surface area contributed by atoms with Crippen molar-refractivity contribution in [3.05, 3.63) is 12.2 Å². The molecule has 10 heavy (non-hydrogen) atoms. The van der Waals surface area contributed by atoms with Gasteiger partial charge in [0.15, 0.2) is 0 Å². The van der Waals surface area contributed by atoms with E-state index in [1.54, 1.807) is 13.0 Å². The summed E-state index contributed by atoms with van der Waals surface area (Å²) in [4.78, 5) is 10.6. The summed E-state index contributed by atoms with van der Waals surface area (Å²) in [5, 5.41) is 10.9. The summed E-state index contributed by atoms with van der Waals surface area (Å²) >= 11 is 0. The van der Waals surface area contributed by atoms with Gasteiger partial charge in [-0.2, -0.15) is 0 Å². The van der Waals surface area contributed by atoms with Crippen molar-refractivity contribution in [3.63, 3.8) is 0 Å². The van der Waals surface area contributed by atoms with Crippen molar-refractivity contribution in [2.24, 2.45) is 0 Å². The fourth-order valence-corrected chi connectivity index (χ4v) is 0.501. The molecule has 58 valence electrons. The number of aliphatic hydroxyl groups excluding tert-OH is 1. The molecule has 0 aliphatic heterocycles. The van der Waals surface area contributed by atoms with Crippen LogP contribution in [0.5, 0.6) is 0 Å². The quantitative estimate of drug-likeness (QED) is 0.432. The minimum atomic E-state index is -0.101. The van der Waals surface area contributed by atoms with Crippen LogP contribution >= 0.6 is 0 Å². The Morgan fingerprint density at radius 3 is 2.90 bits per heavy atom. The van der Waals surface area contributed by atoms with Gasteiger partial charge in [-0.05, 0) is 19.4 Å². The number of hydrogen-bond acceptors (Lipinski definition) is 2. The van der Waals surface area contributed by atoms with E-state index in [9.17, 15) is 4.79 Å². The molecule has 0 aliphatic carbocycles. The Labute approximate surface area is 60.7 Å². The maximum atomic E-state index is 10.6. The molecular weight excluding hydrogens is 130 g/mol. The van der Waals surface area contributed by atoms with Crippen LogP contribution in [0.4, 0.5) is 0 Å². The molecule has 0 aliphatic rings. The molecule has 0 unspecified atom stereocenters. The van der Waals surface area contributed by atoms with E-state index in [2.05, 4.69) is 5.32 Å². The van der Waals surface area contributed by atoms with E-state index in [4.69, 9.17) is 5.11 Å². The van der Waals surface area contributed by atoms with Gasteiger partial charge >= 0.3 is 0 Å². The molecule has 0 aromatic carbocycles. The molecule has 3 heteroatoms. The van der Waals surface area contributed by atoms with Gasteiger partial charge in [0.1, 0.15) is 0 Å². The summed E-state index contributed by atoms with van der Waals surface area (Å²) in [5.41, 5.74) is 0. The number of hydrogen-bond donors (Lipinski definition) is 2. The molecule has 2 N–H and O–H groups in total. The van der Waals surface area contributed by atoms with E-state index in [0.29, 0.717) is 13.0 Å². The van der Waals surface area contributed by atoms with Crippen molar-refractivity contribution >= 4 is 5.91 Å². The number of allylic oxidation sites excluding steroid dienone is 1. The van der Waals surface area contributed by atoms with E-state index in [1.165, 1.54) is 6.08 Å². The summed E-state index contributed by atoms with van der Waals surface area (Å²) in [6, 6.07) is 0. The Balaban J connectivity index is 3.22. The van der Waals surface area contributed by atoms with Crippen molar-refractivity contribution in [1.82, 2.24) is 5.32 Å². The van der Waals surface area contributed by atoms with Crippen LogP contribution in [0.3, 0.4) is 0 Å². The van der Waals surface area contributed by atoms with Gasteiger partial charge in [0.2, 0.25) is 5.91 Å². The van der Waals surface area contributed by atoms with E-state index in [1.807, 2.05) is 0 Å². The lowest BCUT2D eigenvalue weighted by Crippen LogP contribution is -2.22. The largest absolute Gasteiger partial charge is 0.396 e. The average Bonchev–Trinajstić information content (AvgIpc) is 1.89. The zero-order valence-corrected chi connectivity index (χ0v) is 6.13. The van der Waals surface area contributed by atoms with Crippen LogP contribution in [-0.2, 0) is 4.79 Å². The van der Waals surface area contributed by atoms with Crippen LogP contribution in [0, 0.1) is 0 Å².